The minimum atomic E-state index is 1.06. The Balaban J connectivity index is 2.05. The largest absolute Gasteiger partial charge is 0.0622 e. The van der Waals surface area contributed by atoms with Gasteiger partial charge >= 0.3 is 0 Å². The van der Waals surface area contributed by atoms with Crippen molar-refractivity contribution in [3.8, 4) is 0 Å². The molecule has 9 heavy (non-hydrogen) atoms. The van der Waals surface area contributed by atoms with Crippen LogP contribution >= 0.6 is 0 Å². The fourth-order valence-electron chi connectivity index (χ4n) is 2.63. The quantitative estimate of drug-likeness (QED) is 0.466. The molecular formula is C9H16. The monoisotopic (exact) mass is 124 g/mol. The molecule has 0 heterocycles. The van der Waals surface area contributed by atoms with Crippen molar-refractivity contribution in [2.75, 3.05) is 0 Å². The molecule has 2 aliphatic rings. The average molecular weight is 124 g/mol. The summed E-state index contributed by atoms with van der Waals surface area (Å²) in [6.07, 6.45) is 7.73. The zero-order valence-corrected chi connectivity index (χ0v) is 6.27. The summed E-state index contributed by atoms with van der Waals surface area (Å²) in [5.41, 5.74) is 0. The van der Waals surface area contributed by atoms with Gasteiger partial charge in [0.1, 0.15) is 0 Å². The standard InChI is InChI=1S/C9H16/c1-7-2-3-8-4-5-9(7)6-8/h7-9H,2-6H2,1H3/t7-,8+,9-/m1/s1. The zero-order valence-electron chi connectivity index (χ0n) is 6.27. The number of rotatable bonds is 0. The second-order valence-electron chi connectivity index (χ2n) is 3.99. The van der Waals surface area contributed by atoms with Crippen LogP contribution in [0.3, 0.4) is 0 Å². The molecule has 0 aromatic heterocycles. The van der Waals surface area contributed by atoms with Crippen molar-refractivity contribution >= 4 is 0 Å². The second kappa shape index (κ2) is 2.00. The second-order valence-corrected chi connectivity index (χ2v) is 3.99. The molecule has 0 amide bonds. The predicted octanol–water partition coefficient (Wildman–Crippen LogP) is 2.83. The molecule has 0 unspecified atom stereocenters. The fraction of sp³-hybridized carbons (Fsp3) is 1.00. The first-order valence-electron chi connectivity index (χ1n) is 4.36. The highest BCUT2D eigenvalue weighted by atomic mass is 14.4. The van der Waals surface area contributed by atoms with Crippen LogP contribution in [0.1, 0.15) is 39.0 Å². The van der Waals surface area contributed by atoms with Crippen molar-refractivity contribution in [2.45, 2.75) is 39.0 Å². The Kier molecular flexibility index (Phi) is 1.28. The molecule has 52 valence electrons. The van der Waals surface area contributed by atoms with Gasteiger partial charge in [-0.25, -0.2) is 0 Å². The summed E-state index contributed by atoms with van der Waals surface area (Å²) in [7, 11) is 0. The van der Waals surface area contributed by atoms with E-state index in [0.29, 0.717) is 0 Å². The molecule has 0 aromatic rings. The molecule has 2 saturated carbocycles. The van der Waals surface area contributed by atoms with Crippen LogP contribution in [-0.4, -0.2) is 0 Å². The molecule has 0 spiro atoms. The van der Waals surface area contributed by atoms with E-state index in [-0.39, 0.29) is 0 Å². The number of fused-ring (bicyclic) bond motifs is 2. The molecule has 2 fully saturated rings. The summed E-state index contributed by atoms with van der Waals surface area (Å²) in [4.78, 5) is 0. The highest BCUT2D eigenvalue weighted by Gasteiger charge is 2.32. The maximum atomic E-state index is 2.44. The van der Waals surface area contributed by atoms with E-state index in [1.165, 1.54) is 12.8 Å². The van der Waals surface area contributed by atoms with E-state index in [2.05, 4.69) is 6.92 Å². The maximum Gasteiger partial charge on any atom is -0.0386 e. The van der Waals surface area contributed by atoms with E-state index < -0.39 is 0 Å². The van der Waals surface area contributed by atoms with Gasteiger partial charge in [-0.15, -0.1) is 0 Å². The van der Waals surface area contributed by atoms with Gasteiger partial charge in [0.25, 0.3) is 0 Å². The van der Waals surface area contributed by atoms with Crippen LogP contribution in [-0.2, 0) is 0 Å². The topological polar surface area (TPSA) is 0 Å². The third-order valence-electron chi connectivity index (χ3n) is 3.42. The van der Waals surface area contributed by atoms with Gasteiger partial charge in [-0.2, -0.15) is 0 Å². The molecule has 0 aliphatic heterocycles. The highest BCUT2D eigenvalue weighted by molar-refractivity contribution is 4.84. The van der Waals surface area contributed by atoms with E-state index in [1.54, 1.807) is 19.3 Å². The van der Waals surface area contributed by atoms with Crippen molar-refractivity contribution < 1.29 is 0 Å². The smallest absolute Gasteiger partial charge is 0.0386 e. The lowest BCUT2D eigenvalue weighted by Crippen LogP contribution is -2.14. The average Bonchev–Trinajstić information content (AvgIpc) is 2.25. The summed E-state index contributed by atoms with van der Waals surface area (Å²) >= 11 is 0. The van der Waals surface area contributed by atoms with Gasteiger partial charge in [0.2, 0.25) is 0 Å². The van der Waals surface area contributed by atoms with E-state index in [4.69, 9.17) is 0 Å². The number of hydrogen-bond donors (Lipinski definition) is 0. The number of hydrogen-bond acceptors (Lipinski definition) is 0. The SMILES string of the molecule is C[C@@H]1CC[C@H]2CC[C@@H]1C2. The molecule has 2 aliphatic carbocycles. The first-order valence-corrected chi connectivity index (χ1v) is 4.36. The van der Waals surface area contributed by atoms with Crippen LogP contribution in [0.15, 0.2) is 0 Å². The molecule has 0 N–H and O–H groups in total. The first-order chi connectivity index (χ1) is 4.36. The fourth-order valence-corrected chi connectivity index (χ4v) is 2.63. The molecule has 3 atom stereocenters. The molecule has 0 heteroatoms. The summed E-state index contributed by atoms with van der Waals surface area (Å²) in [5, 5.41) is 0. The molecule has 0 nitrogen and oxygen atoms in total. The first kappa shape index (κ1) is 5.76. The van der Waals surface area contributed by atoms with Gasteiger partial charge in [0.15, 0.2) is 0 Å². The molecule has 0 saturated heterocycles. The normalized spacial score (nSPS) is 49.7. The molecule has 2 bridgehead atoms. The minimum absolute atomic E-state index is 1.06. The Morgan fingerprint density at radius 3 is 2.56 bits per heavy atom. The van der Waals surface area contributed by atoms with Crippen molar-refractivity contribution in [3.05, 3.63) is 0 Å². The van der Waals surface area contributed by atoms with Gasteiger partial charge in [-0.1, -0.05) is 26.2 Å². The van der Waals surface area contributed by atoms with Crippen molar-refractivity contribution in [2.24, 2.45) is 17.8 Å². The summed E-state index contributed by atoms with van der Waals surface area (Å²) < 4.78 is 0. The predicted molar refractivity (Wildman–Crippen MR) is 39.2 cm³/mol. The third-order valence-corrected chi connectivity index (χ3v) is 3.42. The van der Waals surface area contributed by atoms with Crippen LogP contribution in [0.5, 0.6) is 0 Å². The van der Waals surface area contributed by atoms with Gasteiger partial charge in [0.05, 0.1) is 0 Å². The third kappa shape index (κ3) is 0.889. The molecule has 0 radical (unpaired) electrons. The maximum absolute atomic E-state index is 2.44. The zero-order chi connectivity index (χ0) is 6.27. The lowest BCUT2D eigenvalue weighted by atomic mass is 9.81. The van der Waals surface area contributed by atoms with Gasteiger partial charge in [-0.05, 0) is 30.6 Å². The molecule has 2 rings (SSSR count). The Morgan fingerprint density at radius 1 is 1.00 bits per heavy atom. The van der Waals surface area contributed by atoms with Crippen molar-refractivity contribution in [3.63, 3.8) is 0 Å². The Hall–Kier alpha value is 0. The van der Waals surface area contributed by atoms with Gasteiger partial charge in [0, 0.05) is 0 Å². The van der Waals surface area contributed by atoms with E-state index >= 15 is 0 Å². The lowest BCUT2D eigenvalue weighted by molar-refractivity contribution is 0.265. The Morgan fingerprint density at radius 2 is 1.78 bits per heavy atom. The van der Waals surface area contributed by atoms with Crippen LogP contribution in [0.4, 0.5) is 0 Å². The van der Waals surface area contributed by atoms with Crippen LogP contribution in [0.25, 0.3) is 0 Å². The highest BCUT2D eigenvalue weighted by Crippen LogP contribution is 2.44. The van der Waals surface area contributed by atoms with E-state index in [1.807, 2.05) is 0 Å². The van der Waals surface area contributed by atoms with Crippen molar-refractivity contribution in [1.82, 2.24) is 0 Å². The summed E-state index contributed by atoms with van der Waals surface area (Å²) in [6, 6.07) is 0. The molecule has 0 aromatic carbocycles. The van der Waals surface area contributed by atoms with Crippen LogP contribution < -0.4 is 0 Å². The van der Waals surface area contributed by atoms with E-state index in [9.17, 15) is 0 Å². The van der Waals surface area contributed by atoms with E-state index in [0.717, 1.165) is 17.8 Å². The van der Waals surface area contributed by atoms with Crippen molar-refractivity contribution in [1.29, 1.82) is 0 Å². The minimum Gasteiger partial charge on any atom is -0.0622 e. The van der Waals surface area contributed by atoms with Gasteiger partial charge in [-0.3, -0.25) is 0 Å². The summed E-state index contributed by atoms with van der Waals surface area (Å²) in [6.45, 7) is 2.44. The lowest BCUT2D eigenvalue weighted by Gasteiger charge is -2.24. The Labute approximate surface area is 57.6 Å². The van der Waals surface area contributed by atoms with Crippen LogP contribution in [0.2, 0.25) is 0 Å². The summed E-state index contributed by atoms with van der Waals surface area (Å²) in [5.74, 6) is 3.33. The molecular weight excluding hydrogens is 108 g/mol. The Bertz CT molecular complexity index is 107. The van der Waals surface area contributed by atoms with Gasteiger partial charge < -0.3 is 0 Å². The van der Waals surface area contributed by atoms with Crippen LogP contribution in [0, 0.1) is 17.8 Å².